The summed E-state index contributed by atoms with van der Waals surface area (Å²) in [6, 6.07) is 11.3. The summed E-state index contributed by atoms with van der Waals surface area (Å²) in [7, 11) is -0.769. The second-order valence-electron chi connectivity index (χ2n) is 5.25. The molecular formula is C17H20N2O5S. The summed E-state index contributed by atoms with van der Waals surface area (Å²) in [5.74, 6) is 0.475. The van der Waals surface area contributed by atoms with Gasteiger partial charge in [-0.2, -0.15) is 0 Å². The molecule has 0 atom stereocenters. The van der Waals surface area contributed by atoms with E-state index in [0.29, 0.717) is 17.2 Å². The van der Waals surface area contributed by atoms with Crippen molar-refractivity contribution in [2.75, 3.05) is 26.1 Å². The minimum absolute atomic E-state index is 0.105. The van der Waals surface area contributed by atoms with Crippen LogP contribution in [0.15, 0.2) is 47.4 Å². The van der Waals surface area contributed by atoms with E-state index in [2.05, 4.69) is 10.0 Å². The number of sulfonamides is 1. The molecule has 0 aliphatic rings. The summed E-state index contributed by atoms with van der Waals surface area (Å²) in [6.07, 6.45) is 0. The first kappa shape index (κ1) is 18.8. The first-order chi connectivity index (χ1) is 11.9. The third-order valence-electron chi connectivity index (χ3n) is 3.44. The fourth-order valence-electron chi connectivity index (χ4n) is 2.06. The normalized spacial score (nSPS) is 11.0. The maximum atomic E-state index is 12.2. The maximum absolute atomic E-state index is 12.2. The molecular weight excluding hydrogens is 344 g/mol. The van der Waals surface area contributed by atoms with Crippen LogP contribution in [0.2, 0.25) is 0 Å². The molecule has 0 saturated carbocycles. The number of carbonyl (C=O) groups is 1. The van der Waals surface area contributed by atoms with E-state index < -0.39 is 22.5 Å². The average molecular weight is 364 g/mol. The van der Waals surface area contributed by atoms with Crippen LogP contribution in [-0.2, 0) is 14.8 Å². The molecule has 0 spiro atoms. The van der Waals surface area contributed by atoms with Gasteiger partial charge in [-0.15, -0.1) is 0 Å². The number of carbonyl (C=O) groups excluding carboxylic acids is 1. The van der Waals surface area contributed by atoms with Crippen molar-refractivity contribution in [3.8, 4) is 11.5 Å². The Morgan fingerprint density at radius 3 is 2.32 bits per heavy atom. The molecule has 0 aliphatic heterocycles. The Labute approximate surface area is 147 Å². The minimum atomic E-state index is -3.75. The number of ether oxygens (including phenoxy) is 2. The van der Waals surface area contributed by atoms with Gasteiger partial charge in [-0.1, -0.05) is 17.7 Å². The number of aryl methyl sites for hydroxylation is 1. The Bertz CT molecular complexity index is 848. The quantitative estimate of drug-likeness (QED) is 0.783. The lowest BCUT2D eigenvalue weighted by Crippen LogP contribution is -2.33. The number of methoxy groups -OCH3 is 2. The zero-order valence-corrected chi connectivity index (χ0v) is 15.0. The van der Waals surface area contributed by atoms with Crippen LogP contribution in [0.4, 0.5) is 5.69 Å². The predicted molar refractivity (Wildman–Crippen MR) is 94.5 cm³/mol. The van der Waals surface area contributed by atoms with Gasteiger partial charge in [-0.25, -0.2) is 13.1 Å². The molecule has 0 fully saturated rings. The van der Waals surface area contributed by atoms with Gasteiger partial charge in [-0.05, 0) is 31.2 Å². The van der Waals surface area contributed by atoms with Crippen molar-refractivity contribution in [1.82, 2.24) is 4.72 Å². The van der Waals surface area contributed by atoms with E-state index in [4.69, 9.17) is 9.47 Å². The van der Waals surface area contributed by atoms with E-state index in [0.717, 1.165) is 5.56 Å². The van der Waals surface area contributed by atoms with E-state index in [1.165, 1.54) is 26.4 Å². The average Bonchev–Trinajstić information content (AvgIpc) is 2.61. The highest BCUT2D eigenvalue weighted by Gasteiger charge is 2.16. The smallest absolute Gasteiger partial charge is 0.241 e. The number of nitrogens with one attached hydrogen (secondary N) is 2. The van der Waals surface area contributed by atoms with Crippen molar-refractivity contribution < 1.29 is 22.7 Å². The molecule has 0 aliphatic carbocycles. The Morgan fingerprint density at radius 2 is 1.72 bits per heavy atom. The van der Waals surface area contributed by atoms with Crippen molar-refractivity contribution in [3.63, 3.8) is 0 Å². The highest BCUT2D eigenvalue weighted by molar-refractivity contribution is 7.89. The van der Waals surface area contributed by atoms with Crippen LogP contribution in [0.5, 0.6) is 11.5 Å². The second-order valence-corrected chi connectivity index (χ2v) is 7.02. The Hall–Kier alpha value is -2.58. The molecule has 134 valence electrons. The summed E-state index contributed by atoms with van der Waals surface area (Å²) < 4.78 is 36.9. The van der Waals surface area contributed by atoms with Crippen molar-refractivity contribution in [2.24, 2.45) is 0 Å². The van der Waals surface area contributed by atoms with E-state index >= 15 is 0 Å². The van der Waals surface area contributed by atoms with Crippen molar-refractivity contribution >= 4 is 21.6 Å². The van der Waals surface area contributed by atoms with Gasteiger partial charge in [0.25, 0.3) is 0 Å². The zero-order chi connectivity index (χ0) is 18.4. The summed E-state index contributed by atoms with van der Waals surface area (Å²) in [4.78, 5) is 12.1. The first-order valence-corrected chi connectivity index (χ1v) is 8.92. The minimum Gasteiger partial charge on any atom is -0.497 e. The van der Waals surface area contributed by atoms with Gasteiger partial charge in [0, 0.05) is 6.07 Å². The number of benzene rings is 2. The predicted octanol–water partition coefficient (Wildman–Crippen LogP) is 1.93. The standard InChI is InChI=1S/C17H20N2O5S/c1-12-4-7-14(8-5-12)25(21,22)18-11-17(20)19-15-9-6-13(23-2)10-16(15)24-3/h4-10,18H,11H2,1-3H3,(H,19,20). The SMILES string of the molecule is COc1ccc(NC(=O)CNS(=O)(=O)c2ccc(C)cc2)c(OC)c1. The molecule has 0 radical (unpaired) electrons. The van der Waals surface area contributed by atoms with E-state index in [9.17, 15) is 13.2 Å². The second kappa shape index (κ2) is 8.00. The van der Waals surface area contributed by atoms with Gasteiger partial charge in [0.1, 0.15) is 11.5 Å². The van der Waals surface area contributed by atoms with Crippen molar-refractivity contribution in [1.29, 1.82) is 0 Å². The third-order valence-corrected chi connectivity index (χ3v) is 4.85. The van der Waals surface area contributed by atoms with E-state index in [-0.39, 0.29) is 4.90 Å². The molecule has 8 heteroatoms. The molecule has 1 amide bonds. The fourth-order valence-corrected chi connectivity index (χ4v) is 3.04. The summed E-state index contributed by atoms with van der Waals surface area (Å²) >= 11 is 0. The Kier molecular flexibility index (Phi) is 6.00. The molecule has 0 heterocycles. The number of anilines is 1. The van der Waals surface area contributed by atoms with E-state index in [1.54, 1.807) is 30.3 Å². The van der Waals surface area contributed by atoms with Crippen LogP contribution in [-0.4, -0.2) is 35.1 Å². The van der Waals surface area contributed by atoms with Crippen molar-refractivity contribution in [3.05, 3.63) is 48.0 Å². The van der Waals surface area contributed by atoms with Gasteiger partial charge < -0.3 is 14.8 Å². The molecule has 2 aromatic carbocycles. The van der Waals surface area contributed by atoms with Gasteiger partial charge in [0.05, 0.1) is 31.3 Å². The summed E-state index contributed by atoms with van der Waals surface area (Å²) in [5, 5.41) is 2.60. The topological polar surface area (TPSA) is 93.7 Å². The molecule has 0 bridgehead atoms. The number of hydrogen-bond acceptors (Lipinski definition) is 5. The lowest BCUT2D eigenvalue weighted by atomic mass is 10.2. The highest BCUT2D eigenvalue weighted by Crippen LogP contribution is 2.28. The zero-order valence-electron chi connectivity index (χ0n) is 14.2. The molecule has 2 N–H and O–H groups in total. The van der Waals surface area contributed by atoms with Gasteiger partial charge in [0.2, 0.25) is 15.9 Å². The van der Waals surface area contributed by atoms with E-state index in [1.807, 2.05) is 6.92 Å². The number of hydrogen-bond donors (Lipinski definition) is 2. The molecule has 0 aromatic heterocycles. The molecule has 7 nitrogen and oxygen atoms in total. The highest BCUT2D eigenvalue weighted by atomic mass is 32.2. The number of rotatable bonds is 7. The largest absolute Gasteiger partial charge is 0.497 e. The van der Waals surface area contributed by atoms with Crippen LogP contribution in [0.3, 0.4) is 0 Å². The van der Waals surface area contributed by atoms with Gasteiger partial charge in [-0.3, -0.25) is 4.79 Å². The fraction of sp³-hybridized carbons (Fsp3) is 0.235. The van der Waals surface area contributed by atoms with Crippen LogP contribution in [0, 0.1) is 6.92 Å². The molecule has 0 unspecified atom stereocenters. The van der Waals surface area contributed by atoms with Crippen LogP contribution < -0.4 is 19.5 Å². The summed E-state index contributed by atoms with van der Waals surface area (Å²) in [5.41, 5.74) is 1.37. The Balaban J connectivity index is 2.02. The summed E-state index contributed by atoms with van der Waals surface area (Å²) in [6.45, 7) is 1.46. The van der Waals surface area contributed by atoms with Crippen LogP contribution in [0.1, 0.15) is 5.56 Å². The first-order valence-electron chi connectivity index (χ1n) is 7.44. The number of amides is 1. The van der Waals surface area contributed by atoms with Crippen molar-refractivity contribution in [2.45, 2.75) is 11.8 Å². The molecule has 25 heavy (non-hydrogen) atoms. The lowest BCUT2D eigenvalue weighted by molar-refractivity contribution is -0.115. The molecule has 2 aromatic rings. The molecule has 2 rings (SSSR count). The van der Waals surface area contributed by atoms with Crippen LogP contribution >= 0.6 is 0 Å². The van der Waals surface area contributed by atoms with Gasteiger partial charge >= 0.3 is 0 Å². The lowest BCUT2D eigenvalue weighted by Gasteiger charge is -2.12. The maximum Gasteiger partial charge on any atom is 0.241 e. The molecule has 0 saturated heterocycles. The van der Waals surface area contributed by atoms with Gasteiger partial charge in [0.15, 0.2) is 0 Å². The monoisotopic (exact) mass is 364 g/mol. The van der Waals surface area contributed by atoms with Crippen LogP contribution in [0.25, 0.3) is 0 Å². The third kappa shape index (κ3) is 4.94. The Morgan fingerprint density at radius 1 is 1.04 bits per heavy atom.